The molecule has 3 nitrogen and oxygen atoms in total. The third-order valence-corrected chi connectivity index (χ3v) is 6.96. The normalized spacial score (nSPS) is 16.8. The summed E-state index contributed by atoms with van der Waals surface area (Å²) in [6.07, 6.45) is -0.406. The van der Waals surface area contributed by atoms with Gasteiger partial charge >= 0.3 is 0 Å². The Hall–Kier alpha value is -3.47. The molecule has 2 unspecified atom stereocenters. The van der Waals surface area contributed by atoms with Crippen LogP contribution in [0.1, 0.15) is 40.9 Å². The molecule has 5 rings (SSSR count). The van der Waals surface area contributed by atoms with Crippen molar-refractivity contribution in [1.29, 1.82) is 0 Å². The van der Waals surface area contributed by atoms with E-state index in [0.29, 0.717) is 11.7 Å². The predicted molar refractivity (Wildman–Crippen MR) is 142 cm³/mol. The Bertz CT molecular complexity index is 1160. The first-order chi connectivity index (χ1) is 16.6. The standard InChI is InChI=1S/C30H28N2OS/c1-22-21-32(29(34)33-22)28(31)26-19-11-12-20-27(26)30(23-13-5-2-6-14-23,24-15-7-3-8-16-24)25-17-9-4-10-18-25/h2-20,22,28H,21,31H2,1H3. The third-order valence-electron chi connectivity index (χ3n) is 6.63. The van der Waals surface area contributed by atoms with Crippen LogP contribution in [0.25, 0.3) is 0 Å². The SMILES string of the molecule is CC1CN(C(N)c2ccccc2C(c2ccccc2)(c2ccccc2)c2ccccc2)C(=S)O1. The molecule has 0 spiro atoms. The molecule has 4 heteroatoms. The van der Waals surface area contributed by atoms with E-state index in [1.54, 1.807) is 0 Å². The predicted octanol–water partition coefficient (Wildman–Crippen LogP) is 6.03. The van der Waals surface area contributed by atoms with E-state index in [4.69, 9.17) is 22.7 Å². The summed E-state index contributed by atoms with van der Waals surface area (Å²) in [5, 5.41) is 0.458. The van der Waals surface area contributed by atoms with Gasteiger partial charge < -0.3 is 15.4 Å². The van der Waals surface area contributed by atoms with Crippen molar-refractivity contribution in [1.82, 2.24) is 4.90 Å². The van der Waals surface area contributed by atoms with Gasteiger partial charge in [0.15, 0.2) is 0 Å². The Morgan fingerprint density at radius 1 is 0.765 bits per heavy atom. The minimum Gasteiger partial charge on any atom is -0.466 e. The van der Waals surface area contributed by atoms with Crippen molar-refractivity contribution in [3.8, 4) is 0 Å². The second-order valence-corrected chi connectivity index (χ2v) is 9.08. The molecule has 1 aliphatic rings. The maximum absolute atomic E-state index is 6.94. The smallest absolute Gasteiger partial charge is 0.261 e. The summed E-state index contributed by atoms with van der Waals surface area (Å²) < 4.78 is 5.77. The zero-order chi connectivity index (χ0) is 23.5. The summed E-state index contributed by atoms with van der Waals surface area (Å²) >= 11 is 5.53. The lowest BCUT2D eigenvalue weighted by molar-refractivity contribution is 0.255. The van der Waals surface area contributed by atoms with E-state index in [1.807, 2.05) is 17.9 Å². The number of hydrogen-bond donors (Lipinski definition) is 1. The van der Waals surface area contributed by atoms with Gasteiger partial charge in [-0.15, -0.1) is 0 Å². The van der Waals surface area contributed by atoms with E-state index < -0.39 is 11.6 Å². The van der Waals surface area contributed by atoms with Gasteiger partial charge in [-0.05, 0) is 47.0 Å². The van der Waals surface area contributed by atoms with Crippen molar-refractivity contribution in [2.45, 2.75) is 24.6 Å². The van der Waals surface area contributed by atoms with Crippen LogP contribution in [-0.4, -0.2) is 22.7 Å². The van der Waals surface area contributed by atoms with Gasteiger partial charge in [-0.25, -0.2) is 0 Å². The van der Waals surface area contributed by atoms with Gasteiger partial charge in [0.2, 0.25) is 0 Å². The van der Waals surface area contributed by atoms with Crippen LogP contribution in [0.5, 0.6) is 0 Å². The molecule has 0 aliphatic carbocycles. The number of nitrogens with two attached hydrogens (primary N) is 1. The average molecular weight is 465 g/mol. The summed E-state index contributed by atoms with van der Waals surface area (Å²) in [5.74, 6) is 0. The summed E-state index contributed by atoms with van der Waals surface area (Å²) in [5.41, 5.74) is 12.1. The van der Waals surface area contributed by atoms with E-state index in [-0.39, 0.29) is 6.10 Å². The fourth-order valence-electron chi connectivity index (χ4n) is 5.15. The summed E-state index contributed by atoms with van der Waals surface area (Å²) in [6, 6.07) is 40.5. The average Bonchev–Trinajstić information content (AvgIpc) is 3.24. The van der Waals surface area contributed by atoms with Crippen LogP contribution in [0.3, 0.4) is 0 Å². The molecule has 0 aromatic heterocycles. The lowest BCUT2D eigenvalue weighted by atomic mass is 9.64. The van der Waals surface area contributed by atoms with Crippen molar-refractivity contribution < 1.29 is 4.74 Å². The molecule has 170 valence electrons. The zero-order valence-electron chi connectivity index (χ0n) is 19.2. The summed E-state index contributed by atoms with van der Waals surface area (Å²) in [4.78, 5) is 1.99. The first-order valence-corrected chi connectivity index (χ1v) is 12.0. The van der Waals surface area contributed by atoms with Crippen molar-refractivity contribution >= 4 is 17.4 Å². The minimum atomic E-state index is -0.564. The molecule has 0 amide bonds. The number of rotatable bonds is 6. The quantitative estimate of drug-likeness (QED) is 0.279. The first kappa shape index (κ1) is 22.3. The molecule has 1 heterocycles. The molecule has 2 N–H and O–H groups in total. The highest BCUT2D eigenvalue weighted by atomic mass is 32.1. The van der Waals surface area contributed by atoms with Gasteiger partial charge in [-0.2, -0.15) is 0 Å². The molecule has 1 aliphatic heterocycles. The first-order valence-electron chi connectivity index (χ1n) is 11.6. The lowest BCUT2D eigenvalue weighted by Crippen LogP contribution is -2.39. The Labute approximate surface area is 206 Å². The number of hydrogen-bond acceptors (Lipinski definition) is 3. The van der Waals surface area contributed by atoms with E-state index in [2.05, 4.69) is 109 Å². The van der Waals surface area contributed by atoms with Gasteiger partial charge in [0, 0.05) is 0 Å². The number of nitrogens with zero attached hydrogens (tertiary/aromatic N) is 1. The van der Waals surface area contributed by atoms with Crippen LogP contribution in [0, 0.1) is 0 Å². The maximum Gasteiger partial charge on any atom is 0.261 e. The van der Waals surface area contributed by atoms with E-state index in [0.717, 1.165) is 11.1 Å². The molecule has 0 saturated carbocycles. The molecule has 0 radical (unpaired) electrons. The van der Waals surface area contributed by atoms with Crippen molar-refractivity contribution in [2.24, 2.45) is 5.73 Å². The third kappa shape index (κ3) is 3.79. The van der Waals surface area contributed by atoms with Crippen LogP contribution in [0.4, 0.5) is 0 Å². The lowest BCUT2D eigenvalue weighted by Gasteiger charge is -2.39. The highest BCUT2D eigenvalue weighted by molar-refractivity contribution is 7.80. The second kappa shape index (κ2) is 9.41. The van der Waals surface area contributed by atoms with Gasteiger partial charge in [0.1, 0.15) is 12.3 Å². The monoisotopic (exact) mass is 464 g/mol. The maximum atomic E-state index is 6.94. The summed E-state index contributed by atoms with van der Waals surface area (Å²) in [6.45, 7) is 2.69. The molecule has 4 aromatic rings. The molecule has 4 aromatic carbocycles. The number of benzene rings is 4. The summed E-state index contributed by atoms with van der Waals surface area (Å²) in [7, 11) is 0. The van der Waals surface area contributed by atoms with Crippen LogP contribution in [0.2, 0.25) is 0 Å². The number of thiocarbonyl (C=S) groups is 1. The van der Waals surface area contributed by atoms with Gasteiger partial charge in [0.05, 0.1) is 12.0 Å². The minimum absolute atomic E-state index is 0.0211. The Balaban J connectivity index is 1.82. The fraction of sp³-hybridized carbons (Fsp3) is 0.167. The van der Waals surface area contributed by atoms with Crippen LogP contribution < -0.4 is 5.73 Å². The van der Waals surface area contributed by atoms with Crippen molar-refractivity contribution in [3.05, 3.63) is 143 Å². The van der Waals surface area contributed by atoms with Gasteiger partial charge in [0.25, 0.3) is 5.17 Å². The van der Waals surface area contributed by atoms with Crippen LogP contribution in [0.15, 0.2) is 115 Å². The fourth-order valence-corrected chi connectivity index (χ4v) is 5.50. The van der Waals surface area contributed by atoms with E-state index in [9.17, 15) is 0 Å². The number of ether oxygens (including phenoxy) is 1. The Morgan fingerprint density at radius 2 is 1.21 bits per heavy atom. The van der Waals surface area contributed by atoms with Gasteiger partial charge in [-0.1, -0.05) is 115 Å². The largest absolute Gasteiger partial charge is 0.466 e. The topological polar surface area (TPSA) is 38.5 Å². The molecular formula is C30H28N2OS. The molecule has 34 heavy (non-hydrogen) atoms. The molecule has 1 fully saturated rings. The Morgan fingerprint density at radius 3 is 1.65 bits per heavy atom. The van der Waals surface area contributed by atoms with Crippen LogP contribution in [-0.2, 0) is 10.2 Å². The molecule has 0 bridgehead atoms. The molecule has 2 atom stereocenters. The Kier molecular flexibility index (Phi) is 6.18. The second-order valence-electron chi connectivity index (χ2n) is 8.73. The van der Waals surface area contributed by atoms with E-state index in [1.165, 1.54) is 16.7 Å². The zero-order valence-corrected chi connectivity index (χ0v) is 20.0. The highest BCUT2D eigenvalue weighted by Gasteiger charge is 2.41. The molecule has 1 saturated heterocycles. The van der Waals surface area contributed by atoms with Crippen LogP contribution >= 0.6 is 12.2 Å². The van der Waals surface area contributed by atoms with Crippen molar-refractivity contribution in [2.75, 3.05) is 6.54 Å². The van der Waals surface area contributed by atoms with E-state index >= 15 is 0 Å². The van der Waals surface area contributed by atoms with Crippen molar-refractivity contribution in [3.63, 3.8) is 0 Å². The van der Waals surface area contributed by atoms with Gasteiger partial charge in [-0.3, -0.25) is 0 Å². The highest BCUT2D eigenvalue weighted by Crippen LogP contribution is 2.47. The molecular weight excluding hydrogens is 436 g/mol.